The van der Waals surface area contributed by atoms with E-state index in [2.05, 4.69) is 10.6 Å². The third kappa shape index (κ3) is 3.84. The normalized spacial score (nSPS) is 13.2. The number of nitrogens with one attached hydrogen (secondary N) is 2. The first kappa shape index (κ1) is 15.9. The van der Waals surface area contributed by atoms with E-state index in [1.54, 1.807) is 18.2 Å². The second-order valence-corrected chi connectivity index (χ2v) is 5.48. The fourth-order valence-corrected chi connectivity index (χ4v) is 2.55. The molecule has 2 amide bonds. The minimum atomic E-state index is -0.377. The number of anilines is 1. The highest BCUT2D eigenvalue weighted by atomic mass is 16.7. The zero-order valence-corrected chi connectivity index (χ0v) is 13.2. The van der Waals surface area contributed by atoms with Gasteiger partial charge >= 0.3 is 0 Å². The number of ether oxygens (including phenoxy) is 2. The standard InChI is InChI=1S/C18H18N2O4/c1-12(21)19-15(13-5-3-2-4-6-13)10-18(22)20-14-7-8-16-17(9-14)24-11-23-16/h2-9,15H,10-11H2,1H3,(H,19,21)(H,20,22)/t15-/m1/s1. The van der Waals surface area contributed by atoms with E-state index in [4.69, 9.17) is 9.47 Å². The van der Waals surface area contributed by atoms with E-state index in [1.165, 1.54) is 6.92 Å². The molecule has 0 radical (unpaired) electrons. The van der Waals surface area contributed by atoms with Gasteiger partial charge in [0.1, 0.15) is 0 Å². The molecule has 24 heavy (non-hydrogen) atoms. The van der Waals surface area contributed by atoms with Gasteiger partial charge in [-0.1, -0.05) is 30.3 Å². The van der Waals surface area contributed by atoms with Crippen LogP contribution in [0.4, 0.5) is 5.69 Å². The van der Waals surface area contributed by atoms with Crippen molar-refractivity contribution in [1.29, 1.82) is 0 Å². The monoisotopic (exact) mass is 326 g/mol. The second kappa shape index (κ2) is 7.04. The van der Waals surface area contributed by atoms with Crippen molar-refractivity contribution in [3.8, 4) is 11.5 Å². The number of rotatable bonds is 5. The fourth-order valence-electron chi connectivity index (χ4n) is 2.55. The lowest BCUT2D eigenvalue weighted by Crippen LogP contribution is -2.29. The van der Waals surface area contributed by atoms with Crippen molar-refractivity contribution >= 4 is 17.5 Å². The Morgan fingerprint density at radius 3 is 2.58 bits per heavy atom. The molecule has 1 aliphatic rings. The van der Waals surface area contributed by atoms with Gasteiger partial charge < -0.3 is 20.1 Å². The predicted octanol–water partition coefficient (Wildman–Crippen LogP) is 2.62. The van der Waals surface area contributed by atoms with Crippen molar-refractivity contribution in [2.75, 3.05) is 12.1 Å². The van der Waals surface area contributed by atoms with Crippen molar-refractivity contribution in [1.82, 2.24) is 5.32 Å². The van der Waals surface area contributed by atoms with Gasteiger partial charge in [-0.2, -0.15) is 0 Å². The summed E-state index contributed by atoms with van der Waals surface area (Å²) in [6.45, 7) is 1.62. The molecule has 2 N–H and O–H groups in total. The Hall–Kier alpha value is -3.02. The van der Waals surface area contributed by atoms with Crippen LogP contribution in [0.15, 0.2) is 48.5 Å². The lowest BCUT2D eigenvalue weighted by Gasteiger charge is -2.18. The summed E-state index contributed by atoms with van der Waals surface area (Å²) in [4.78, 5) is 23.8. The molecule has 1 aliphatic heterocycles. The average molecular weight is 326 g/mol. The highest BCUT2D eigenvalue weighted by molar-refractivity contribution is 5.92. The Labute approximate surface area is 139 Å². The Morgan fingerprint density at radius 1 is 1.08 bits per heavy atom. The topological polar surface area (TPSA) is 76.7 Å². The molecule has 1 heterocycles. The number of benzene rings is 2. The minimum absolute atomic E-state index is 0.137. The molecule has 0 unspecified atom stereocenters. The van der Waals surface area contributed by atoms with Crippen molar-refractivity contribution < 1.29 is 19.1 Å². The molecule has 6 heteroatoms. The molecule has 0 saturated carbocycles. The average Bonchev–Trinajstić information content (AvgIpc) is 3.02. The van der Waals surface area contributed by atoms with Gasteiger partial charge in [0.25, 0.3) is 0 Å². The molecule has 0 aliphatic carbocycles. The maximum Gasteiger partial charge on any atom is 0.231 e. The molecule has 2 aromatic carbocycles. The van der Waals surface area contributed by atoms with Crippen LogP contribution in [-0.4, -0.2) is 18.6 Å². The molecular weight excluding hydrogens is 308 g/mol. The van der Waals surface area contributed by atoms with E-state index < -0.39 is 0 Å². The number of hydrogen-bond donors (Lipinski definition) is 2. The molecular formula is C18H18N2O4. The zero-order chi connectivity index (χ0) is 16.9. The first-order chi connectivity index (χ1) is 11.6. The second-order valence-electron chi connectivity index (χ2n) is 5.48. The van der Waals surface area contributed by atoms with Crippen molar-refractivity contribution in [3.05, 3.63) is 54.1 Å². The summed E-state index contributed by atoms with van der Waals surface area (Å²) in [5, 5.41) is 5.63. The summed E-state index contributed by atoms with van der Waals surface area (Å²) in [6, 6.07) is 14.2. The summed E-state index contributed by atoms with van der Waals surface area (Å²) >= 11 is 0. The largest absolute Gasteiger partial charge is 0.454 e. The fraction of sp³-hybridized carbons (Fsp3) is 0.222. The number of amides is 2. The first-order valence-electron chi connectivity index (χ1n) is 7.63. The summed E-state index contributed by atoms with van der Waals surface area (Å²) < 4.78 is 10.5. The maximum absolute atomic E-state index is 12.3. The Balaban J connectivity index is 1.68. The van der Waals surface area contributed by atoms with Crippen LogP contribution in [0.5, 0.6) is 11.5 Å². The van der Waals surface area contributed by atoms with Gasteiger partial charge in [-0.3, -0.25) is 9.59 Å². The van der Waals surface area contributed by atoms with Crippen LogP contribution in [0.3, 0.4) is 0 Å². The van der Waals surface area contributed by atoms with E-state index in [0.717, 1.165) is 5.56 Å². The van der Waals surface area contributed by atoms with Crippen molar-refractivity contribution in [2.24, 2.45) is 0 Å². The summed E-state index contributed by atoms with van der Waals surface area (Å²) in [7, 11) is 0. The zero-order valence-electron chi connectivity index (χ0n) is 13.2. The van der Waals surface area contributed by atoms with Crippen LogP contribution in [0.1, 0.15) is 24.9 Å². The minimum Gasteiger partial charge on any atom is -0.454 e. The summed E-state index contributed by atoms with van der Waals surface area (Å²) in [5.74, 6) is 0.888. The molecule has 3 rings (SSSR count). The molecule has 0 spiro atoms. The molecule has 2 aromatic rings. The highest BCUT2D eigenvalue weighted by Gasteiger charge is 2.18. The number of fused-ring (bicyclic) bond motifs is 1. The summed E-state index contributed by atoms with van der Waals surface area (Å²) in [5.41, 5.74) is 1.51. The first-order valence-corrected chi connectivity index (χ1v) is 7.63. The Morgan fingerprint density at radius 2 is 1.83 bits per heavy atom. The number of carbonyl (C=O) groups excluding carboxylic acids is 2. The SMILES string of the molecule is CC(=O)N[C@H](CC(=O)Nc1ccc2c(c1)OCO2)c1ccccc1. The van der Waals surface area contributed by atoms with Gasteiger partial charge in [-0.25, -0.2) is 0 Å². The van der Waals surface area contributed by atoms with Gasteiger partial charge in [-0.15, -0.1) is 0 Å². The lowest BCUT2D eigenvalue weighted by molar-refractivity contribution is -0.120. The molecule has 1 atom stereocenters. The van der Waals surface area contributed by atoms with E-state index in [1.807, 2.05) is 30.3 Å². The van der Waals surface area contributed by atoms with E-state index in [0.29, 0.717) is 17.2 Å². The predicted molar refractivity (Wildman–Crippen MR) is 88.8 cm³/mol. The maximum atomic E-state index is 12.3. The van der Waals surface area contributed by atoms with Crippen LogP contribution < -0.4 is 20.1 Å². The third-order valence-electron chi connectivity index (χ3n) is 3.63. The van der Waals surface area contributed by atoms with Gasteiger partial charge in [0.15, 0.2) is 11.5 Å². The van der Waals surface area contributed by atoms with Crippen molar-refractivity contribution in [2.45, 2.75) is 19.4 Å². The van der Waals surface area contributed by atoms with E-state index >= 15 is 0 Å². The van der Waals surface area contributed by atoms with Gasteiger partial charge in [0.05, 0.1) is 12.5 Å². The Kier molecular flexibility index (Phi) is 4.65. The summed E-state index contributed by atoms with van der Waals surface area (Å²) in [6.07, 6.45) is 0.137. The third-order valence-corrected chi connectivity index (χ3v) is 3.63. The van der Waals surface area contributed by atoms with E-state index in [9.17, 15) is 9.59 Å². The van der Waals surface area contributed by atoms with Crippen LogP contribution in [0.25, 0.3) is 0 Å². The van der Waals surface area contributed by atoms with Gasteiger partial charge in [-0.05, 0) is 17.7 Å². The molecule has 6 nitrogen and oxygen atoms in total. The van der Waals surface area contributed by atoms with Crippen LogP contribution in [-0.2, 0) is 9.59 Å². The van der Waals surface area contributed by atoms with Gasteiger partial charge in [0, 0.05) is 18.7 Å². The quantitative estimate of drug-likeness (QED) is 0.885. The van der Waals surface area contributed by atoms with Crippen molar-refractivity contribution in [3.63, 3.8) is 0 Å². The van der Waals surface area contributed by atoms with Crippen LogP contribution in [0, 0.1) is 0 Å². The number of carbonyl (C=O) groups is 2. The molecule has 0 fully saturated rings. The van der Waals surface area contributed by atoms with Gasteiger partial charge in [0.2, 0.25) is 18.6 Å². The molecule has 124 valence electrons. The molecule has 0 bridgehead atoms. The molecule has 0 saturated heterocycles. The van der Waals surface area contributed by atoms with Crippen LogP contribution >= 0.6 is 0 Å². The van der Waals surface area contributed by atoms with Crippen LogP contribution in [0.2, 0.25) is 0 Å². The highest BCUT2D eigenvalue weighted by Crippen LogP contribution is 2.34. The molecule has 0 aromatic heterocycles. The smallest absolute Gasteiger partial charge is 0.231 e. The van der Waals surface area contributed by atoms with E-state index in [-0.39, 0.29) is 31.1 Å². The number of hydrogen-bond acceptors (Lipinski definition) is 4. The lowest BCUT2D eigenvalue weighted by atomic mass is 10.0. The Bertz CT molecular complexity index is 746.